The molecule has 5 rings (SSSR count). The van der Waals surface area contributed by atoms with Gasteiger partial charge in [-0.2, -0.15) is 0 Å². The van der Waals surface area contributed by atoms with Crippen LogP contribution in [0.3, 0.4) is 0 Å². The van der Waals surface area contributed by atoms with Crippen LogP contribution >= 0.6 is 23.2 Å². The van der Waals surface area contributed by atoms with E-state index in [0.717, 1.165) is 22.3 Å². The standard InChI is InChI=1S/C30H25Cl2NO5/c1-15(2)29-22(28(33-38-29)27-23(31)6-5-7-24(27)32)14-36-19-9-11-20(16(3)12-19)18-8-10-21-25(13-18)37-17(4)26(21)30(34)35/h5-13,15H,14H2,1-4H3,(H,34,35). The Bertz CT molecular complexity index is 1660. The van der Waals surface area contributed by atoms with E-state index in [2.05, 4.69) is 5.16 Å². The van der Waals surface area contributed by atoms with Gasteiger partial charge in [-0.05, 0) is 66.9 Å². The number of rotatable bonds is 7. The van der Waals surface area contributed by atoms with Gasteiger partial charge in [-0.3, -0.25) is 0 Å². The SMILES string of the molecule is Cc1cc(OCc2c(-c3c(Cl)cccc3Cl)noc2C(C)C)ccc1-c1ccc2c(C(=O)O)c(C)oc2c1. The predicted octanol–water partition coefficient (Wildman–Crippen LogP) is 9.08. The van der Waals surface area contributed by atoms with Crippen molar-refractivity contribution < 1.29 is 23.6 Å². The molecule has 0 aliphatic carbocycles. The lowest BCUT2D eigenvalue weighted by Gasteiger charge is -2.13. The van der Waals surface area contributed by atoms with Gasteiger partial charge in [0, 0.05) is 16.9 Å². The molecule has 0 aliphatic rings. The molecule has 0 unspecified atom stereocenters. The molecular formula is C30H25Cl2NO5. The maximum Gasteiger partial charge on any atom is 0.339 e. The number of fused-ring (bicyclic) bond motifs is 1. The third-order valence-electron chi connectivity index (χ3n) is 6.51. The molecule has 194 valence electrons. The fourth-order valence-corrected chi connectivity index (χ4v) is 5.27. The number of furan rings is 1. The first kappa shape index (κ1) is 25.9. The maximum absolute atomic E-state index is 11.6. The quantitative estimate of drug-likeness (QED) is 0.218. The van der Waals surface area contributed by atoms with Crippen molar-refractivity contribution in [1.82, 2.24) is 5.16 Å². The molecule has 5 aromatic rings. The molecule has 6 nitrogen and oxygen atoms in total. The van der Waals surface area contributed by atoms with Crippen LogP contribution in [0.25, 0.3) is 33.4 Å². The lowest BCUT2D eigenvalue weighted by Crippen LogP contribution is -2.01. The lowest BCUT2D eigenvalue weighted by molar-refractivity contribution is 0.0697. The molecule has 0 saturated heterocycles. The van der Waals surface area contributed by atoms with Gasteiger partial charge in [-0.1, -0.05) is 60.4 Å². The van der Waals surface area contributed by atoms with Gasteiger partial charge in [0.2, 0.25) is 0 Å². The van der Waals surface area contributed by atoms with E-state index < -0.39 is 5.97 Å². The second-order valence-corrected chi connectivity index (χ2v) is 10.3. The fraction of sp³-hybridized carbons (Fsp3) is 0.200. The van der Waals surface area contributed by atoms with Crippen LogP contribution in [0.15, 0.2) is 63.5 Å². The molecule has 0 radical (unpaired) electrons. The molecule has 0 atom stereocenters. The molecule has 0 fully saturated rings. The Morgan fingerprint density at radius 1 is 1.05 bits per heavy atom. The predicted molar refractivity (Wildman–Crippen MR) is 148 cm³/mol. The zero-order valence-electron chi connectivity index (χ0n) is 21.3. The Morgan fingerprint density at radius 2 is 1.79 bits per heavy atom. The second-order valence-electron chi connectivity index (χ2n) is 9.44. The largest absolute Gasteiger partial charge is 0.489 e. The average Bonchev–Trinajstić information content (AvgIpc) is 3.42. The van der Waals surface area contributed by atoms with Crippen LogP contribution in [0.1, 0.15) is 52.8 Å². The van der Waals surface area contributed by atoms with E-state index in [1.54, 1.807) is 31.2 Å². The van der Waals surface area contributed by atoms with Crippen molar-refractivity contribution in [3.8, 4) is 28.1 Å². The summed E-state index contributed by atoms with van der Waals surface area (Å²) in [6, 6.07) is 16.7. The van der Waals surface area contributed by atoms with Crippen LogP contribution in [-0.2, 0) is 6.61 Å². The zero-order chi connectivity index (χ0) is 27.1. The number of aromatic carboxylic acids is 1. The Hall–Kier alpha value is -3.74. The average molecular weight is 550 g/mol. The van der Waals surface area contributed by atoms with Crippen molar-refractivity contribution in [1.29, 1.82) is 0 Å². The van der Waals surface area contributed by atoms with Gasteiger partial charge in [0.15, 0.2) is 0 Å². The minimum Gasteiger partial charge on any atom is -0.489 e. The summed E-state index contributed by atoms with van der Waals surface area (Å²) in [6.07, 6.45) is 0. The third kappa shape index (κ3) is 4.66. The van der Waals surface area contributed by atoms with Crippen LogP contribution in [0.5, 0.6) is 5.75 Å². The van der Waals surface area contributed by atoms with E-state index >= 15 is 0 Å². The van der Waals surface area contributed by atoms with Crippen LogP contribution in [0.2, 0.25) is 10.0 Å². The summed E-state index contributed by atoms with van der Waals surface area (Å²) in [5.74, 6) is 0.868. The van der Waals surface area contributed by atoms with Gasteiger partial charge in [0.1, 0.15) is 40.7 Å². The molecule has 38 heavy (non-hydrogen) atoms. The van der Waals surface area contributed by atoms with Crippen LogP contribution in [0, 0.1) is 13.8 Å². The molecule has 1 N–H and O–H groups in total. The fourth-order valence-electron chi connectivity index (χ4n) is 4.69. The Balaban J connectivity index is 1.44. The van der Waals surface area contributed by atoms with Gasteiger partial charge >= 0.3 is 5.97 Å². The normalized spacial score (nSPS) is 11.4. The van der Waals surface area contributed by atoms with E-state index in [9.17, 15) is 9.90 Å². The summed E-state index contributed by atoms with van der Waals surface area (Å²) in [5.41, 5.74) is 5.62. The maximum atomic E-state index is 11.6. The molecule has 3 aromatic carbocycles. The summed E-state index contributed by atoms with van der Waals surface area (Å²) in [4.78, 5) is 11.6. The number of carbonyl (C=O) groups is 1. The lowest BCUT2D eigenvalue weighted by atomic mass is 9.98. The van der Waals surface area contributed by atoms with E-state index in [4.69, 9.17) is 36.9 Å². The summed E-state index contributed by atoms with van der Waals surface area (Å²) in [7, 11) is 0. The highest BCUT2D eigenvalue weighted by molar-refractivity contribution is 6.39. The Kier molecular flexibility index (Phi) is 6.95. The summed E-state index contributed by atoms with van der Waals surface area (Å²) < 4.78 is 17.6. The van der Waals surface area contributed by atoms with Gasteiger partial charge in [0.05, 0.1) is 15.6 Å². The van der Waals surface area contributed by atoms with Crippen LogP contribution in [0.4, 0.5) is 0 Å². The van der Waals surface area contributed by atoms with Gasteiger partial charge in [0.25, 0.3) is 0 Å². The van der Waals surface area contributed by atoms with Crippen molar-refractivity contribution in [3.05, 3.63) is 92.9 Å². The van der Waals surface area contributed by atoms with Gasteiger partial charge in [-0.15, -0.1) is 0 Å². The van der Waals surface area contributed by atoms with Gasteiger partial charge < -0.3 is 18.8 Å². The number of halogens is 2. The highest BCUT2D eigenvalue weighted by Crippen LogP contribution is 2.39. The highest BCUT2D eigenvalue weighted by Gasteiger charge is 2.24. The molecule has 0 bridgehead atoms. The van der Waals surface area contributed by atoms with Crippen molar-refractivity contribution in [2.45, 2.75) is 40.2 Å². The van der Waals surface area contributed by atoms with Crippen molar-refractivity contribution in [3.63, 3.8) is 0 Å². The number of carboxylic acid groups (broad SMARTS) is 1. The van der Waals surface area contributed by atoms with Crippen molar-refractivity contribution in [2.75, 3.05) is 0 Å². The molecule has 0 aliphatic heterocycles. The number of aryl methyl sites for hydroxylation is 2. The number of aromatic nitrogens is 1. The van der Waals surface area contributed by atoms with E-state index in [1.807, 2.05) is 51.1 Å². The van der Waals surface area contributed by atoms with E-state index in [0.29, 0.717) is 49.5 Å². The minimum absolute atomic E-state index is 0.0852. The molecule has 0 amide bonds. The summed E-state index contributed by atoms with van der Waals surface area (Å²) in [6.45, 7) is 7.93. The van der Waals surface area contributed by atoms with Crippen LogP contribution in [-0.4, -0.2) is 16.2 Å². The number of carboxylic acids is 1. The monoisotopic (exact) mass is 549 g/mol. The van der Waals surface area contributed by atoms with E-state index in [-0.39, 0.29) is 18.1 Å². The topological polar surface area (TPSA) is 85.7 Å². The number of hydrogen-bond donors (Lipinski definition) is 1. The van der Waals surface area contributed by atoms with Gasteiger partial charge in [-0.25, -0.2) is 4.79 Å². The molecule has 2 aromatic heterocycles. The first-order chi connectivity index (χ1) is 18.2. The number of hydrogen-bond acceptors (Lipinski definition) is 5. The summed E-state index contributed by atoms with van der Waals surface area (Å²) >= 11 is 12.9. The zero-order valence-corrected chi connectivity index (χ0v) is 22.8. The third-order valence-corrected chi connectivity index (χ3v) is 7.14. The number of nitrogens with zero attached hydrogens (tertiary/aromatic N) is 1. The summed E-state index contributed by atoms with van der Waals surface area (Å²) in [5, 5.41) is 15.3. The molecule has 2 heterocycles. The Labute approximate surface area is 229 Å². The number of ether oxygens (including phenoxy) is 1. The van der Waals surface area contributed by atoms with E-state index in [1.165, 1.54) is 0 Å². The number of benzene rings is 3. The highest BCUT2D eigenvalue weighted by atomic mass is 35.5. The molecule has 8 heteroatoms. The molecule has 0 spiro atoms. The minimum atomic E-state index is -1.000. The molecule has 0 saturated carbocycles. The first-order valence-electron chi connectivity index (χ1n) is 12.1. The smallest absolute Gasteiger partial charge is 0.339 e. The molecular weight excluding hydrogens is 525 g/mol. The van der Waals surface area contributed by atoms with Crippen molar-refractivity contribution in [2.24, 2.45) is 0 Å². The van der Waals surface area contributed by atoms with Crippen molar-refractivity contribution >= 4 is 40.1 Å². The first-order valence-corrected chi connectivity index (χ1v) is 12.8. The van der Waals surface area contributed by atoms with Crippen LogP contribution < -0.4 is 4.74 Å². The second kappa shape index (κ2) is 10.2. The Morgan fingerprint density at radius 3 is 2.45 bits per heavy atom.